The maximum absolute atomic E-state index is 11.8. The number of rotatable bonds is 8. The molecule has 2 aliphatic carbocycles. The largest absolute Gasteiger partial charge is 0.379 e. The minimum absolute atomic E-state index is 0.0670. The lowest BCUT2D eigenvalue weighted by atomic mass is 10.1. The van der Waals surface area contributed by atoms with Crippen LogP contribution in [0, 0.1) is 11.8 Å². The zero-order valence-electron chi connectivity index (χ0n) is 10.7. The van der Waals surface area contributed by atoms with E-state index in [0.29, 0.717) is 25.5 Å². The molecule has 0 saturated heterocycles. The third kappa shape index (κ3) is 4.64. The lowest BCUT2D eigenvalue weighted by Gasteiger charge is -2.19. The summed E-state index contributed by atoms with van der Waals surface area (Å²) in [6, 6.07) is 0.0670. The van der Waals surface area contributed by atoms with Crippen molar-refractivity contribution in [2.45, 2.75) is 38.1 Å². The van der Waals surface area contributed by atoms with Gasteiger partial charge in [-0.25, -0.2) is 0 Å². The lowest BCUT2D eigenvalue weighted by molar-refractivity contribution is -0.131. The van der Waals surface area contributed by atoms with Crippen LogP contribution in [0.4, 0.5) is 0 Å². The Morgan fingerprint density at radius 3 is 2.71 bits per heavy atom. The number of amides is 1. The fourth-order valence-electron chi connectivity index (χ4n) is 1.91. The lowest BCUT2D eigenvalue weighted by Crippen LogP contribution is -2.36. The van der Waals surface area contributed by atoms with Crippen LogP contribution in [-0.4, -0.2) is 43.7 Å². The van der Waals surface area contributed by atoms with Crippen LogP contribution in [-0.2, 0) is 9.53 Å². The van der Waals surface area contributed by atoms with Crippen LogP contribution in [0.3, 0.4) is 0 Å². The van der Waals surface area contributed by atoms with Gasteiger partial charge in [0.15, 0.2) is 0 Å². The van der Waals surface area contributed by atoms with E-state index in [1.54, 1.807) is 4.90 Å². The van der Waals surface area contributed by atoms with Gasteiger partial charge in [-0.05, 0) is 37.5 Å². The molecule has 1 atom stereocenters. The van der Waals surface area contributed by atoms with Crippen LogP contribution in [0.25, 0.3) is 0 Å². The smallest absolute Gasteiger partial charge is 0.223 e. The van der Waals surface area contributed by atoms with Crippen molar-refractivity contribution in [1.29, 1.82) is 0 Å². The van der Waals surface area contributed by atoms with Crippen molar-refractivity contribution in [2.24, 2.45) is 17.6 Å². The number of carbonyl (C=O) groups excluding carboxylic acids is 1. The van der Waals surface area contributed by atoms with E-state index in [2.05, 4.69) is 0 Å². The Morgan fingerprint density at radius 2 is 2.12 bits per heavy atom. The highest BCUT2D eigenvalue weighted by Crippen LogP contribution is 2.32. The molecule has 2 fully saturated rings. The molecule has 0 spiro atoms. The van der Waals surface area contributed by atoms with Gasteiger partial charge in [-0.3, -0.25) is 4.79 Å². The topological polar surface area (TPSA) is 55.6 Å². The number of nitrogens with zero attached hydrogens (tertiary/aromatic N) is 1. The molecule has 0 bridgehead atoms. The molecule has 0 aromatic heterocycles. The third-order valence-corrected chi connectivity index (χ3v) is 3.69. The van der Waals surface area contributed by atoms with E-state index in [9.17, 15) is 4.79 Å². The summed E-state index contributed by atoms with van der Waals surface area (Å²) in [5, 5.41) is 0. The van der Waals surface area contributed by atoms with E-state index in [-0.39, 0.29) is 11.9 Å². The molecule has 0 heterocycles. The second-order valence-corrected chi connectivity index (χ2v) is 5.54. The Kier molecular flexibility index (Phi) is 4.40. The molecule has 98 valence electrons. The van der Waals surface area contributed by atoms with Crippen LogP contribution in [0.5, 0.6) is 0 Å². The molecular weight excluding hydrogens is 216 g/mol. The average Bonchev–Trinajstić information content (AvgIpc) is 3.17. The van der Waals surface area contributed by atoms with Gasteiger partial charge in [-0.2, -0.15) is 0 Å². The van der Waals surface area contributed by atoms with Crippen molar-refractivity contribution in [2.75, 3.05) is 26.8 Å². The first kappa shape index (κ1) is 12.8. The summed E-state index contributed by atoms with van der Waals surface area (Å²) in [4.78, 5) is 13.6. The van der Waals surface area contributed by atoms with Gasteiger partial charge in [-0.1, -0.05) is 0 Å². The minimum Gasteiger partial charge on any atom is -0.379 e. The Morgan fingerprint density at radius 1 is 1.41 bits per heavy atom. The number of likely N-dealkylation sites (N-methyl/N-ethyl adjacent to an activating group) is 1. The zero-order valence-corrected chi connectivity index (χ0v) is 10.7. The van der Waals surface area contributed by atoms with E-state index in [1.165, 1.54) is 25.7 Å². The molecule has 1 amide bonds. The highest BCUT2D eigenvalue weighted by Gasteiger charge is 2.30. The van der Waals surface area contributed by atoms with Gasteiger partial charge in [0, 0.05) is 32.7 Å². The summed E-state index contributed by atoms with van der Waals surface area (Å²) in [6.45, 7) is 2.20. The highest BCUT2D eigenvalue weighted by molar-refractivity contribution is 5.76. The molecule has 2 rings (SSSR count). The molecule has 0 aliphatic heterocycles. The van der Waals surface area contributed by atoms with Gasteiger partial charge in [0.2, 0.25) is 5.91 Å². The molecule has 1 unspecified atom stereocenters. The van der Waals surface area contributed by atoms with Gasteiger partial charge in [0.25, 0.3) is 0 Å². The highest BCUT2D eigenvalue weighted by atomic mass is 16.5. The molecule has 0 radical (unpaired) electrons. The first-order valence-corrected chi connectivity index (χ1v) is 6.74. The van der Waals surface area contributed by atoms with E-state index >= 15 is 0 Å². The quantitative estimate of drug-likeness (QED) is 0.644. The fraction of sp³-hybridized carbons (Fsp3) is 0.923. The molecule has 4 nitrogen and oxygen atoms in total. The first-order chi connectivity index (χ1) is 8.16. The number of carbonyl (C=O) groups is 1. The number of ether oxygens (including phenoxy) is 1. The SMILES string of the molecule is CN(CCOCC1CC1)C(=O)CC(N)C1CC1. The minimum atomic E-state index is 0.0670. The Labute approximate surface area is 103 Å². The molecule has 2 saturated carbocycles. The fourth-order valence-corrected chi connectivity index (χ4v) is 1.91. The predicted octanol–water partition coefficient (Wildman–Crippen LogP) is 0.999. The van der Waals surface area contributed by atoms with Crippen LogP contribution in [0.15, 0.2) is 0 Å². The molecule has 17 heavy (non-hydrogen) atoms. The first-order valence-electron chi connectivity index (χ1n) is 6.74. The van der Waals surface area contributed by atoms with Gasteiger partial charge >= 0.3 is 0 Å². The van der Waals surface area contributed by atoms with Crippen LogP contribution in [0.1, 0.15) is 32.1 Å². The molecule has 2 aliphatic rings. The van der Waals surface area contributed by atoms with E-state index in [0.717, 1.165) is 12.5 Å². The predicted molar refractivity (Wildman–Crippen MR) is 66.5 cm³/mol. The maximum atomic E-state index is 11.8. The van der Waals surface area contributed by atoms with Crippen molar-refractivity contribution in [1.82, 2.24) is 4.90 Å². The van der Waals surface area contributed by atoms with Gasteiger partial charge in [-0.15, -0.1) is 0 Å². The van der Waals surface area contributed by atoms with Crippen molar-refractivity contribution >= 4 is 5.91 Å². The van der Waals surface area contributed by atoms with Crippen LogP contribution >= 0.6 is 0 Å². The molecule has 2 N–H and O–H groups in total. The molecule has 0 aromatic rings. The van der Waals surface area contributed by atoms with Crippen LogP contribution < -0.4 is 5.73 Å². The van der Waals surface area contributed by atoms with Crippen molar-refractivity contribution in [3.05, 3.63) is 0 Å². The maximum Gasteiger partial charge on any atom is 0.223 e. The summed E-state index contributed by atoms with van der Waals surface area (Å²) in [5.41, 5.74) is 5.94. The summed E-state index contributed by atoms with van der Waals surface area (Å²) in [6.07, 6.45) is 5.51. The van der Waals surface area contributed by atoms with Gasteiger partial charge < -0.3 is 15.4 Å². The van der Waals surface area contributed by atoms with Gasteiger partial charge in [0.1, 0.15) is 0 Å². The van der Waals surface area contributed by atoms with Gasteiger partial charge in [0.05, 0.1) is 6.61 Å². The van der Waals surface area contributed by atoms with Crippen molar-refractivity contribution < 1.29 is 9.53 Å². The Hall–Kier alpha value is -0.610. The summed E-state index contributed by atoms with van der Waals surface area (Å²) < 4.78 is 5.52. The normalized spacial score (nSPS) is 21.3. The van der Waals surface area contributed by atoms with E-state index < -0.39 is 0 Å². The van der Waals surface area contributed by atoms with Crippen molar-refractivity contribution in [3.63, 3.8) is 0 Å². The van der Waals surface area contributed by atoms with Crippen molar-refractivity contribution in [3.8, 4) is 0 Å². The summed E-state index contributed by atoms with van der Waals surface area (Å²) >= 11 is 0. The third-order valence-electron chi connectivity index (χ3n) is 3.69. The Balaban J connectivity index is 1.53. The van der Waals surface area contributed by atoms with E-state index in [4.69, 9.17) is 10.5 Å². The second kappa shape index (κ2) is 5.83. The Bertz CT molecular complexity index is 262. The number of hydrogen-bond acceptors (Lipinski definition) is 3. The standard InChI is InChI=1S/C13H24N2O2/c1-15(6-7-17-9-10-2-3-10)13(16)8-12(14)11-4-5-11/h10-12H,2-9,14H2,1H3. The van der Waals surface area contributed by atoms with Crippen LogP contribution in [0.2, 0.25) is 0 Å². The summed E-state index contributed by atoms with van der Waals surface area (Å²) in [7, 11) is 1.84. The molecule has 4 heteroatoms. The number of hydrogen-bond donors (Lipinski definition) is 1. The number of nitrogens with two attached hydrogens (primary N) is 1. The molecular formula is C13H24N2O2. The second-order valence-electron chi connectivity index (χ2n) is 5.54. The van der Waals surface area contributed by atoms with E-state index in [1.807, 2.05) is 7.05 Å². The average molecular weight is 240 g/mol. The summed E-state index contributed by atoms with van der Waals surface area (Å²) in [5.74, 6) is 1.54. The molecule has 0 aromatic carbocycles. The monoisotopic (exact) mass is 240 g/mol. The zero-order chi connectivity index (χ0) is 12.3.